The molecule has 1 aromatic rings. The van der Waals surface area contributed by atoms with E-state index >= 15 is 0 Å². The van der Waals surface area contributed by atoms with Crippen LogP contribution in [0.15, 0.2) is 24.3 Å². The van der Waals surface area contributed by atoms with Crippen LogP contribution < -0.4 is 5.32 Å². The van der Waals surface area contributed by atoms with Gasteiger partial charge in [0.2, 0.25) is 0 Å². The van der Waals surface area contributed by atoms with Crippen LogP contribution in [0.1, 0.15) is 24.9 Å². The van der Waals surface area contributed by atoms with E-state index in [0.717, 1.165) is 0 Å². The summed E-state index contributed by atoms with van der Waals surface area (Å²) < 4.78 is 13.0. The maximum absolute atomic E-state index is 13.0. The molecule has 2 amide bonds. The Morgan fingerprint density at radius 1 is 1.47 bits per heavy atom. The first kappa shape index (κ1) is 14.9. The van der Waals surface area contributed by atoms with E-state index in [1.165, 1.54) is 24.1 Å². The number of hydrogen-bond donors (Lipinski definition) is 2. The first-order valence-electron chi connectivity index (χ1n) is 5.89. The second-order valence-electron chi connectivity index (χ2n) is 4.29. The molecule has 5 nitrogen and oxygen atoms in total. The Hall–Kier alpha value is -2.11. The van der Waals surface area contributed by atoms with Crippen molar-refractivity contribution in [3.05, 3.63) is 35.6 Å². The van der Waals surface area contributed by atoms with Gasteiger partial charge in [0.25, 0.3) is 0 Å². The van der Waals surface area contributed by atoms with E-state index in [1.54, 1.807) is 19.1 Å². The van der Waals surface area contributed by atoms with Gasteiger partial charge in [-0.2, -0.15) is 0 Å². The number of carbonyl (C=O) groups is 2. The number of nitrogens with one attached hydrogen (secondary N) is 1. The van der Waals surface area contributed by atoms with Crippen molar-refractivity contribution in [3.63, 3.8) is 0 Å². The molecule has 0 spiro atoms. The highest BCUT2D eigenvalue weighted by molar-refractivity contribution is 5.75. The van der Waals surface area contributed by atoms with E-state index in [9.17, 15) is 14.0 Å². The van der Waals surface area contributed by atoms with Gasteiger partial charge in [-0.15, -0.1) is 0 Å². The van der Waals surface area contributed by atoms with Crippen LogP contribution in [0.5, 0.6) is 0 Å². The fourth-order valence-electron chi connectivity index (χ4n) is 1.52. The third-order valence-electron chi connectivity index (χ3n) is 2.70. The molecule has 1 aromatic carbocycles. The van der Waals surface area contributed by atoms with Gasteiger partial charge in [-0.25, -0.2) is 9.18 Å². The molecule has 1 unspecified atom stereocenters. The smallest absolute Gasteiger partial charge is 0.317 e. The van der Waals surface area contributed by atoms with Crippen molar-refractivity contribution < 1.29 is 19.1 Å². The van der Waals surface area contributed by atoms with Crippen LogP contribution in [-0.4, -0.2) is 35.6 Å². The Morgan fingerprint density at radius 3 is 2.74 bits per heavy atom. The zero-order valence-corrected chi connectivity index (χ0v) is 10.9. The molecule has 6 heteroatoms. The molecule has 0 bridgehead atoms. The number of benzene rings is 1. The number of hydrogen-bond acceptors (Lipinski definition) is 2. The predicted molar refractivity (Wildman–Crippen MR) is 68.2 cm³/mol. The normalized spacial score (nSPS) is 11.7. The standard InChI is InChI=1S/C13H17FN2O3/c1-9(10-4-3-5-11(14)8-10)15-13(19)16(2)7-6-12(17)18/h3-5,8-9H,6-7H2,1-2H3,(H,15,19)(H,17,18). The number of urea groups is 1. The third kappa shape index (κ3) is 4.95. The lowest BCUT2D eigenvalue weighted by atomic mass is 10.1. The van der Waals surface area contributed by atoms with Crippen LogP contribution in [0.3, 0.4) is 0 Å². The molecule has 0 heterocycles. The maximum atomic E-state index is 13.0. The van der Waals surface area contributed by atoms with Gasteiger partial charge in [-0.3, -0.25) is 4.79 Å². The average molecular weight is 268 g/mol. The van der Waals surface area contributed by atoms with Crippen molar-refractivity contribution in [3.8, 4) is 0 Å². The van der Waals surface area contributed by atoms with Gasteiger partial charge in [-0.1, -0.05) is 12.1 Å². The highest BCUT2D eigenvalue weighted by Crippen LogP contribution is 2.13. The predicted octanol–water partition coefficient (Wildman–Crippen LogP) is 2.00. The minimum atomic E-state index is -0.960. The lowest BCUT2D eigenvalue weighted by Gasteiger charge is -2.21. The van der Waals surface area contributed by atoms with Crippen LogP contribution in [0.4, 0.5) is 9.18 Å². The zero-order chi connectivity index (χ0) is 14.4. The van der Waals surface area contributed by atoms with Crippen molar-refractivity contribution in [1.29, 1.82) is 0 Å². The molecule has 0 saturated carbocycles. The minimum absolute atomic E-state index is 0.113. The number of carboxylic acid groups (broad SMARTS) is 1. The van der Waals surface area contributed by atoms with E-state index in [-0.39, 0.29) is 24.8 Å². The summed E-state index contributed by atoms with van der Waals surface area (Å²) in [6.45, 7) is 1.86. The highest BCUT2D eigenvalue weighted by atomic mass is 19.1. The van der Waals surface area contributed by atoms with Crippen molar-refractivity contribution in [2.45, 2.75) is 19.4 Å². The van der Waals surface area contributed by atoms with Gasteiger partial charge in [0, 0.05) is 13.6 Å². The molecule has 2 N–H and O–H groups in total. The number of nitrogens with zero attached hydrogens (tertiary/aromatic N) is 1. The number of aliphatic carboxylic acids is 1. The van der Waals surface area contributed by atoms with E-state index in [4.69, 9.17) is 5.11 Å². The third-order valence-corrected chi connectivity index (χ3v) is 2.70. The van der Waals surface area contributed by atoms with Crippen molar-refractivity contribution in [1.82, 2.24) is 10.2 Å². The second kappa shape index (κ2) is 6.72. The molecule has 0 aliphatic rings. The molecular weight excluding hydrogens is 251 g/mol. The summed E-state index contributed by atoms with van der Waals surface area (Å²) in [4.78, 5) is 23.4. The lowest BCUT2D eigenvalue weighted by molar-refractivity contribution is -0.137. The summed E-state index contributed by atoms with van der Waals surface area (Å²) >= 11 is 0. The fourth-order valence-corrected chi connectivity index (χ4v) is 1.52. The molecule has 104 valence electrons. The van der Waals surface area contributed by atoms with Crippen LogP contribution in [0.2, 0.25) is 0 Å². The molecule has 0 aliphatic heterocycles. The molecule has 19 heavy (non-hydrogen) atoms. The number of amides is 2. The Morgan fingerprint density at radius 2 is 2.16 bits per heavy atom. The molecule has 0 saturated heterocycles. The number of rotatable bonds is 5. The topological polar surface area (TPSA) is 69.6 Å². The van der Waals surface area contributed by atoms with Crippen LogP contribution in [0.25, 0.3) is 0 Å². The van der Waals surface area contributed by atoms with Gasteiger partial charge < -0.3 is 15.3 Å². The SMILES string of the molecule is CC(NC(=O)N(C)CCC(=O)O)c1cccc(F)c1. The molecule has 1 rings (SSSR count). The van der Waals surface area contributed by atoms with Crippen molar-refractivity contribution >= 4 is 12.0 Å². The van der Waals surface area contributed by atoms with E-state index in [2.05, 4.69) is 5.32 Å². The van der Waals surface area contributed by atoms with Crippen molar-refractivity contribution in [2.24, 2.45) is 0 Å². The largest absolute Gasteiger partial charge is 0.481 e. The quantitative estimate of drug-likeness (QED) is 0.858. The summed E-state index contributed by atoms with van der Waals surface area (Å²) in [5.74, 6) is -1.32. The van der Waals surface area contributed by atoms with Crippen LogP contribution in [0, 0.1) is 5.82 Å². The average Bonchev–Trinajstić information content (AvgIpc) is 2.35. The number of halogens is 1. The monoisotopic (exact) mass is 268 g/mol. The molecular formula is C13H17FN2O3. The summed E-state index contributed by atoms with van der Waals surface area (Å²) in [6.07, 6.45) is -0.113. The Balaban J connectivity index is 2.54. The summed E-state index contributed by atoms with van der Waals surface area (Å²) in [5.41, 5.74) is 0.653. The Labute approximate surface area is 111 Å². The van der Waals surface area contributed by atoms with Crippen molar-refractivity contribution in [2.75, 3.05) is 13.6 Å². The molecule has 0 aromatic heterocycles. The van der Waals surface area contributed by atoms with Gasteiger partial charge in [-0.05, 0) is 24.6 Å². The van der Waals surface area contributed by atoms with Gasteiger partial charge in [0.1, 0.15) is 5.82 Å². The molecule has 1 atom stereocenters. The van der Waals surface area contributed by atoms with Gasteiger partial charge >= 0.3 is 12.0 Å². The Bertz CT molecular complexity index is 465. The highest BCUT2D eigenvalue weighted by Gasteiger charge is 2.14. The minimum Gasteiger partial charge on any atom is -0.481 e. The first-order valence-corrected chi connectivity index (χ1v) is 5.89. The van der Waals surface area contributed by atoms with Gasteiger partial charge in [0.05, 0.1) is 12.5 Å². The van der Waals surface area contributed by atoms with Gasteiger partial charge in [0.15, 0.2) is 0 Å². The first-order chi connectivity index (χ1) is 8.90. The Kier molecular flexibility index (Phi) is 5.29. The number of carboxylic acids is 1. The molecule has 0 aliphatic carbocycles. The lowest BCUT2D eigenvalue weighted by Crippen LogP contribution is -2.39. The van der Waals surface area contributed by atoms with Crippen LogP contribution >= 0.6 is 0 Å². The summed E-state index contributed by atoms with van der Waals surface area (Å²) in [6, 6.07) is 5.22. The van der Waals surface area contributed by atoms with E-state index in [0.29, 0.717) is 5.56 Å². The second-order valence-corrected chi connectivity index (χ2v) is 4.29. The maximum Gasteiger partial charge on any atom is 0.317 e. The zero-order valence-electron chi connectivity index (χ0n) is 10.9. The van der Waals surface area contributed by atoms with E-state index in [1.807, 2.05) is 0 Å². The molecule has 0 fully saturated rings. The molecule has 0 radical (unpaired) electrons. The summed E-state index contributed by atoms with van der Waals surface area (Å²) in [5, 5.41) is 11.2. The van der Waals surface area contributed by atoms with Crippen LogP contribution in [-0.2, 0) is 4.79 Å². The summed E-state index contributed by atoms with van der Waals surface area (Å²) in [7, 11) is 1.51. The number of carbonyl (C=O) groups excluding carboxylic acids is 1. The fraction of sp³-hybridized carbons (Fsp3) is 0.385. The van der Waals surface area contributed by atoms with E-state index < -0.39 is 12.0 Å².